The first kappa shape index (κ1) is 21.6. The Morgan fingerprint density at radius 3 is 2.81 bits per heavy atom. The van der Waals surface area contributed by atoms with Crippen LogP contribution in [-0.2, 0) is 10.0 Å². The van der Waals surface area contributed by atoms with Gasteiger partial charge in [-0.2, -0.15) is 16.1 Å². The monoisotopic (exact) mass is 422 g/mol. The number of amides is 1. The van der Waals surface area contributed by atoms with Crippen LogP contribution in [0, 0.1) is 5.92 Å². The minimum Gasteiger partial charge on any atom is -0.356 e. The quantitative estimate of drug-likeness (QED) is 0.642. The number of hydrogen-bond donors (Lipinski definition) is 3. The molecule has 0 radical (unpaired) electrons. The molecule has 1 amide bonds. The van der Waals surface area contributed by atoms with Crippen LogP contribution in [0.4, 0.5) is 0 Å². The molecule has 1 atom stereocenters. The second-order valence-electron chi connectivity index (χ2n) is 6.52. The molecule has 2 aliphatic rings. The van der Waals surface area contributed by atoms with E-state index in [1.807, 2.05) is 0 Å². The lowest BCUT2D eigenvalue weighted by atomic mass is 9.96. The van der Waals surface area contributed by atoms with Crippen LogP contribution in [0.5, 0.6) is 0 Å². The third-order valence-corrected chi connectivity index (χ3v) is 7.56. The van der Waals surface area contributed by atoms with Crippen molar-refractivity contribution >= 4 is 40.1 Å². The van der Waals surface area contributed by atoms with Crippen molar-refractivity contribution in [2.45, 2.75) is 24.2 Å². The van der Waals surface area contributed by atoms with E-state index in [1.54, 1.807) is 11.8 Å². The number of nitrogens with one attached hydrogen (secondary N) is 3. The average Bonchev–Trinajstić information content (AvgIpc) is 3.14. The average molecular weight is 423 g/mol. The molecule has 2 saturated heterocycles. The fraction of sp³-hybridized carbons (Fsp3) is 0.688. The highest BCUT2D eigenvalue weighted by molar-refractivity contribution is 7.99. The van der Waals surface area contributed by atoms with Gasteiger partial charge < -0.3 is 15.6 Å². The molecule has 148 valence electrons. The van der Waals surface area contributed by atoms with E-state index in [0.717, 1.165) is 31.0 Å². The molecular weight excluding hydrogens is 396 g/mol. The molecule has 0 saturated carbocycles. The van der Waals surface area contributed by atoms with Crippen molar-refractivity contribution in [2.75, 3.05) is 44.2 Å². The van der Waals surface area contributed by atoms with Gasteiger partial charge in [-0.3, -0.25) is 4.79 Å². The number of halogens is 1. The SMILES string of the molecule is Cl.O=C(NCCC1CCCNC1)c1cc(S(=O)(=O)N2CCSCC2)c[nH]1. The minimum atomic E-state index is -3.51. The van der Waals surface area contributed by atoms with Gasteiger partial charge in [0.15, 0.2) is 0 Å². The largest absolute Gasteiger partial charge is 0.356 e. The number of sulfonamides is 1. The van der Waals surface area contributed by atoms with E-state index in [4.69, 9.17) is 0 Å². The number of thioether (sulfide) groups is 1. The van der Waals surface area contributed by atoms with Crippen LogP contribution in [0.3, 0.4) is 0 Å². The van der Waals surface area contributed by atoms with Gasteiger partial charge in [0, 0.05) is 37.3 Å². The van der Waals surface area contributed by atoms with Gasteiger partial charge in [0.25, 0.3) is 5.91 Å². The molecule has 10 heteroatoms. The normalized spacial score (nSPS) is 21.8. The summed E-state index contributed by atoms with van der Waals surface area (Å²) in [7, 11) is -3.51. The van der Waals surface area contributed by atoms with Crippen molar-refractivity contribution < 1.29 is 13.2 Å². The molecule has 3 N–H and O–H groups in total. The Kier molecular flexibility index (Phi) is 8.28. The van der Waals surface area contributed by atoms with E-state index < -0.39 is 10.0 Å². The van der Waals surface area contributed by atoms with E-state index in [1.165, 1.54) is 29.4 Å². The minimum absolute atomic E-state index is 0. The Morgan fingerprint density at radius 2 is 2.12 bits per heavy atom. The molecule has 7 nitrogen and oxygen atoms in total. The van der Waals surface area contributed by atoms with Crippen LogP contribution >= 0.6 is 24.2 Å². The number of H-pyrrole nitrogens is 1. The fourth-order valence-electron chi connectivity index (χ4n) is 3.25. The maximum atomic E-state index is 12.6. The van der Waals surface area contributed by atoms with Crippen molar-refractivity contribution in [3.05, 3.63) is 18.0 Å². The van der Waals surface area contributed by atoms with E-state index in [0.29, 0.717) is 31.2 Å². The molecule has 3 heterocycles. The Hall–Kier alpha value is -0.740. The zero-order chi connectivity index (χ0) is 17.7. The Balaban J connectivity index is 0.00000243. The van der Waals surface area contributed by atoms with Crippen molar-refractivity contribution in [3.8, 4) is 0 Å². The second kappa shape index (κ2) is 9.98. The first-order valence-corrected chi connectivity index (χ1v) is 11.4. The van der Waals surface area contributed by atoms with E-state index in [9.17, 15) is 13.2 Å². The summed E-state index contributed by atoms with van der Waals surface area (Å²) >= 11 is 1.76. The molecule has 1 aromatic rings. The molecule has 0 spiro atoms. The van der Waals surface area contributed by atoms with Crippen LogP contribution in [0.15, 0.2) is 17.2 Å². The summed E-state index contributed by atoms with van der Waals surface area (Å²) in [5.41, 5.74) is 0.298. The van der Waals surface area contributed by atoms with Gasteiger partial charge >= 0.3 is 0 Å². The number of hydrogen-bond acceptors (Lipinski definition) is 5. The van der Waals surface area contributed by atoms with Crippen molar-refractivity contribution in [1.29, 1.82) is 0 Å². The zero-order valence-electron chi connectivity index (χ0n) is 14.7. The fourth-order valence-corrected chi connectivity index (χ4v) is 5.82. The molecule has 1 aromatic heterocycles. The lowest BCUT2D eigenvalue weighted by molar-refractivity contribution is 0.0946. The van der Waals surface area contributed by atoms with Gasteiger partial charge in [-0.05, 0) is 44.3 Å². The summed E-state index contributed by atoms with van der Waals surface area (Å²) in [5, 5.41) is 6.24. The van der Waals surface area contributed by atoms with Crippen molar-refractivity contribution in [3.63, 3.8) is 0 Å². The third kappa shape index (κ3) is 5.39. The van der Waals surface area contributed by atoms with E-state index >= 15 is 0 Å². The van der Waals surface area contributed by atoms with Crippen molar-refractivity contribution in [2.24, 2.45) is 5.92 Å². The number of piperidine rings is 1. The van der Waals surface area contributed by atoms with Gasteiger partial charge in [-0.15, -0.1) is 12.4 Å². The summed E-state index contributed by atoms with van der Waals surface area (Å²) in [6.45, 7) is 3.74. The Labute approximate surface area is 165 Å². The maximum absolute atomic E-state index is 12.6. The standard InChI is InChI=1S/C16H26N4O3S2.ClH/c21-16(18-5-3-13-2-1-4-17-11-13)15-10-14(12-19-15)25(22,23)20-6-8-24-9-7-20;/h10,12-13,17,19H,1-9,11H2,(H,18,21);1H. The molecular formula is C16H27ClN4O3S2. The van der Waals surface area contributed by atoms with Gasteiger partial charge in [0.2, 0.25) is 10.0 Å². The molecule has 0 bridgehead atoms. The van der Waals surface area contributed by atoms with Crippen molar-refractivity contribution in [1.82, 2.24) is 19.9 Å². The lowest BCUT2D eigenvalue weighted by Gasteiger charge is -2.24. The highest BCUT2D eigenvalue weighted by Gasteiger charge is 2.27. The summed E-state index contributed by atoms with van der Waals surface area (Å²) in [4.78, 5) is 15.2. The number of carbonyl (C=O) groups is 1. The molecule has 3 rings (SSSR count). The van der Waals surface area contributed by atoms with Gasteiger partial charge in [-0.1, -0.05) is 0 Å². The molecule has 0 aliphatic carbocycles. The third-order valence-electron chi connectivity index (χ3n) is 4.75. The predicted octanol–water partition coefficient (Wildman–Crippen LogP) is 1.29. The zero-order valence-corrected chi connectivity index (χ0v) is 17.1. The van der Waals surface area contributed by atoms with Crippen LogP contribution in [-0.4, -0.2) is 67.8 Å². The number of nitrogens with zero attached hydrogens (tertiary/aromatic N) is 1. The number of aromatic nitrogens is 1. The van der Waals surface area contributed by atoms with Gasteiger partial charge in [0.1, 0.15) is 10.6 Å². The second-order valence-corrected chi connectivity index (χ2v) is 9.69. The van der Waals surface area contributed by atoms with E-state index in [-0.39, 0.29) is 23.2 Å². The van der Waals surface area contributed by atoms with Crippen LogP contribution in [0.1, 0.15) is 29.8 Å². The first-order chi connectivity index (χ1) is 12.1. The molecule has 2 fully saturated rings. The first-order valence-electron chi connectivity index (χ1n) is 8.82. The molecule has 2 aliphatic heterocycles. The Morgan fingerprint density at radius 1 is 1.35 bits per heavy atom. The maximum Gasteiger partial charge on any atom is 0.267 e. The van der Waals surface area contributed by atoms with E-state index in [2.05, 4.69) is 15.6 Å². The summed E-state index contributed by atoms with van der Waals surface area (Å²) in [6, 6.07) is 1.44. The highest BCUT2D eigenvalue weighted by atomic mass is 35.5. The van der Waals surface area contributed by atoms with Gasteiger partial charge in [0.05, 0.1) is 0 Å². The molecule has 26 heavy (non-hydrogen) atoms. The van der Waals surface area contributed by atoms with Crippen LogP contribution in [0.2, 0.25) is 0 Å². The molecule has 0 aromatic carbocycles. The summed E-state index contributed by atoms with van der Waals surface area (Å²) < 4.78 is 26.7. The van der Waals surface area contributed by atoms with Crippen LogP contribution < -0.4 is 10.6 Å². The smallest absolute Gasteiger partial charge is 0.267 e. The number of rotatable bonds is 6. The van der Waals surface area contributed by atoms with Gasteiger partial charge in [-0.25, -0.2) is 8.42 Å². The van der Waals surface area contributed by atoms with Crippen LogP contribution in [0.25, 0.3) is 0 Å². The highest BCUT2D eigenvalue weighted by Crippen LogP contribution is 2.21. The predicted molar refractivity (Wildman–Crippen MR) is 107 cm³/mol. The summed E-state index contributed by atoms with van der Waals surface area (Å²) in [5.74, 6) is 1.98. The Bertz CT molecular complexity index is 683. The number of carbonyl (C=O) groups excluding carboxylic acids is 1. The topological polar surface area (TPSA) is 94.3 Å². The molecule has 1 unspecified atom stereocenters. The number of aromatic amines is 1. The lowest BCUT2D eigenvalue weighted by Crippen LogP contribution is -2.37. The summed E-state index contributed by atoms with van der Waals surface area (Å²) in [6.07, 6.45) is 4.74.